The third-order valence-electron chi connectivity index (χ3n) is 3.27. The van der Waals surface area contributed by atoms with Crippen molar-refractivity contribution in [1.29, 1.82) is 0 Å². The molecule has 106 valence electrons. The first-order valence-electron chi connectivity index (χ1n) is 6.07. The molecule has 0 bridgehead atoms. The Kier molecular flexibility index (Phi) is 5.42. The van der Waals surface area contributed by atoms with Gasteiger partial charge in [-0.1, -0.05) is 12.1 Å². The first kappa shape index (κ1) is 15.7. The van der Waals surface area contributed by atoms with Crippen LogP contribution >= 0.6 is 39.1 Å². The first-order chi connectivity index (χ1) is 9.59. The van der Waals surface area contributed by atoms with Crippen molar-refractivity contribution >= 4 is 39.1 Å². The zero-order valence-electron chi connectivity index (χ0n) is 10.6. The molecule has 0 saturated heterocycles. The quantitative estimate of drug-likeness (QED) is 0.673. The lowest BCUT2D eigenvalue weighted by molar-refractivity contribution is 0.532. The van der Waals surface area contributed by atoms with E-state index in [1.807, 2.05) is 6.07 Å². The zero-order valence-corrected chi connectivity index (χ0v) is 13.7. The van der Waals surface area contributed by atoms with Crippen molar-refractivity contribution < 1.29 is 4.39 Å². The molecular formula is C15H13BrCl2FN. The normalized spacial score (nSPS) is 11.6. The van der Waals surface area contributed by atoms with E-state index in [1.165, 1.54) is 12.1 Å². The molecule has 1 heterocycles. The Morgan fingerprint density at radius 3 is 2.30 bits per heavy atom. The number of hydrogen-bond acceptors (Lipinski definition) is 1. The van der Waals surface area contributed by atoms with Gasteiger partial charge in [0.25, 0.3) is 0 Å². The number of pyridine rings is 1. The highest BCUT2D eigenvalue weighted by Gasteiger charge is 2.31. The van der Waals surface area contributed by atoms with Crippen LogP contribution in [0.3, 0.4) is 0 Å². The molecule has 0 amide bonds. The van der Waals surface area contributed by atoms with Gasteiger partial charge < -0.3 is 0 Å². The molecule has 5 heteroatoms. The summed E-state index contributed by atoms with van der Waals surface area (Å²) in [5, 5.41) is 0. The van der Waals surface area contributed by atoms with Gasteiger partial charge in [0.2, 0.25) is 0 Å². The molecule has 0 spiro atoms. The Morgan fingerprint density at radius 2 is 1.75 bits per heavy atom. The Bertz CT molecular complexity index is 570. The maximum atomic E-state index is 13.1. The number of rotatable bonds is 5. The van der Waals surface area contributed by atoms with Crippen molar-refractivity contribution in [3.8, 4) is 0 Å². The Balaban J connectivity index is 2.36. The maximum absolute atomic E-state index is 13.1. The molecule has 0 N–H and O–H groups in total. The number of aromatic nitrogens is 1. The molecular weight excluding hydrogens is 364 g/mol. The maximum Gasteiger partial charge on any atom is 0.123 e. The lowest BCUT2D eigenvalue weighted by Gasteiger charge is -2.30. The monoisotopic (exact) mass is 375 g/mol. The van der Waals surface area contributed by atoms with E-state index < -0.39 is 5.41 Å². The Morgan fingerprint density at radius 1 is 1.10 bits per heavy atom. The van der Waals surface area contributed by atoms with Gasteiger partial charge in [0, 0.05) is 34.0 Å². The highest BCUT2D eigenvalue weighted by atomic mass is 79.9. The lowest BCUT2D eigenvalue weighted by Crippen LogP contribution is -2.33. The van der Waals surface area contributed by atoms with E-state index in [-0.39, 0.29) is 5.82 Å². The molecule has 0 atom stereocenters. The summed E-state index contributed by atoms with van der Waals surface area (Å²) in [7, 11) is 0. The summed E-state index contributed by atoms with van der Waals surface area (Å²) in [6, 6.07) is 8.34. The second-order valence-electron chi connectivity index (χ2n) is 4.74. The molecule has 0 aliphatic heterocycles. The summed E-state index contributed by atoms with van der Waals surface area (Å²) >= 11 is 15.8. The van der Waals surface area contributed by atoms with Crippen LogP contribution in [0.2, 0.25) is 0 Å². The van der Waals surface area contributed by atoms with Gasteiger partial charge in [0.15, 0.2) is 0 Å². The number of nitrogens with zero attached hydrogens (tertiary/aromatic N) is 1. The molecule has 0 fully saturated rings. The SMILES string of the molecule is Fc1ccc(C(CCl)(CCl)Cc2cncc(Br)c2)cc1. The molecule has 0 saturated carbocycles. The van der Waals surface area contributed by atoms with Crippen LogP contribution in [0.5, 0.6) is 0 Å². The summed E-state index contributed by atoms with van der Waals surface area (Å²) < 4.78 is 14.0. The number of alkyl halides is 2. The minimum absolute atomic E-state index is 0.268. The van der Waals surface area contributed by atoms with E-state index >= 15 is 0 Å². The minimum atomic E-state index is -0.431. The van der Waals surface area contributed by atoms with E-state index in [0.29, 0.717) is 18.2 Å². The molecule has 0 aliphatic rings. The fraction of sp³-hybridized carbons (Fsp3) is 0.267. The molecule has 20 heavy (non-hydrogen) atoms. The molecule has 0 radical (unpaired) electrons. The van der Waals surface area contributed by atoms with Crippen LogP contribution in [0.25, 0.3) is 0 Å². The summed E-state index contributed by atoms with van der Waals surface area (Å²) in [6.07, 6.45) is 4.17. The molecule has 0 aliphatic carbocycles. The second kappa shape index (κ2) is 6.88. The van der Waals surface area contributed by atoms with Crippen LogP contribution in [0.1, 0.15) is 11.1 Å². The topological polar surface area (TPSA) is 12.9 Å². The van der Waals surface area contributed by atoms with Crippen molar-refractivity contribution in [3.05, 3.63) is 64.1 Å². The van der Waals surface area contributed by atoms with Gasteiger partial charge in [0.05, 0.1) is 0 Å². The van der Waals surface area contributed by atoms with Crippen molar-refractivity contribution in [1.82, 2.24) is 4.98 Å². The number of benzene rings is 1. The number of hydrogen-bond donors (Lipinski definition) is 0. The smallest absolute Gasteiger partial charge is 0.123 e. The molecule has 1 nitrogen and oxygen atoms in total. The van der Waals surface area contributed by atoms with E-state index in [4.69, 9.17) is 23.2 Å². The fourth-order valence-corrected chi connectivity index (χ4v) is 3.33. The zero-order chi connectivity index (χ0) is 14.6. The fourth-order valence-electron chi connectivity index (χ4n) is 2.13. The first-order valence-corrected chi connectivity index (χ1v) is 7.93. The van der Waals surface area contributed by atoms with Gasteiger partial charge >= 0.3 is 0 Å². The molecule has 2 aromatic rings. The van der Waals surface area contributed by atoms with Gasteiger partial charge in [-0.3, -0.25) is 4.98 Å². The molecule has 2 rings (SSSR count). The van der Waals surface area contributed by atoms with E-state index in [0.717, 1.165) is 15.6 Å². The second-order valence-corrected chi connectivity index (χ2v) is 6.19. The van der Waals surface area contributed by atoms with Crippen LogP contribution in [-0.2, 0) is 11.8 Å². The Hall–Kier alpha value is -0.640. The van der Waals surface area contributed by atoms with Crippen LogP contribution in [0, 0.1) is 5.82 Å². The predicted octanol–water partition coefficient (Wildman–Crippen LogP) is 4.94. The summed E-state index contributed by atoms with van der Waals surface area (Å²) in [6.45, 7) is 0. The summed E-state index contributed by atoms with van der Waals surface area (Å²) in [5.41, 5.74) is 1.54. The van der Waals surface area contributed by atoms with Crippen molar-refractivity contribution in [2.45, 2.75) is 11.8 Å². The van der Waals surface area contributed by atoms with Gasteiger partial charge in [0.1, 0.15) is 5.82 Å². The van der Waals surface area contributed by atoms with Gasteiger partial charge in [-0.25, -0.2) is 4.39 Å². The van der Waals surface area contributed by atoms with Crippen LogP contribution in [-0.4, -0.2) is 16.7 Å². The Labute approximate surface area is 136 Å². The molecule has 1 aromatic carbocycles. The lowest BCUT2D eigenvalue weighted by atomic mass is 9.79. The average molecular weight is 377 g/mol. The highest BCUT2D eigenvalue weighted by molar-refractivity contribution is 9.10. The molecule has 0 unspecified atom stereocenters. The van der Waals surface area contributed by atoms with Gasteiger partial charge in [-0.05, 0) is 51.7 Å². The highest BCUT2D eigenvalue weighted by Crippen LogP contribution is 2.32. The average Bonchev–Trinajstić information content (AvgIpc) is 2.46. The van der Waals surface area contributed by atoms with Gasteiger partial charge in [-0.15, -0.1) is 23.2 Å². The predicted molar refractivity (Wildman–Crippen MR) is 85.2 cm³/mol. The van der Waals surface area contributed by atoms with E-state index in [2.05, 4.69) is 20.9 Å². The van der Waals surface area contributed by atoms with Gasteiger partial charge in [-0.2, -0.15) is 0 Å². The largest absolute Gasteiger partial charge is 0.263 e. The summed E-state index contributed by atoms with van der Waals surface area (Å²) in [4.78, 5) is 4.15. The summed E-state index contributed by atoms with van der Waals surface area (Å²) in [5.74, 6) is 0.444. The molecule has 1 aromatic heterocycles. The third-order valence-corrected chi connectivity index (χ3v) is 4.73. The van der Waals surface area contributed by atoms with Crippen LogP contribution < -0.4 is 0 Å². The third kappa shape index (κ3) is 3.51. The van der Waals surface area contributed by atoms with Crippen molar-refractivity contribution in [2.24, 2.45) is 0 Å². The van der Waals surface area contributed by atoms with E-state index in [9.17, 15) is 4.39 Å². The standard InChI is InChI=1S/C15H13BrCl2FN/c16-13-5-11(7-20-8-13)6-15(9-17,10-18)12-1-3-14(19)4-2-12/h1-5,7-8H,6,9-10H2. The van der Waals surface area contributed by atoms with Crippen LogP contribution in [0.15, 0.2) is 47.2 Å². The van der Waals surface area contributed by atoms with Crippen molar-refractivity contribution in [2.75, 3.05) is 11.8 Å². The van der Waals surface area contributed by atoms with Crippen molar-refractivity contribution in [3.63, 3.8) is 0 Å². The van der Waals surface area contributed by atoms with Crippen LogP contribution in [0.4, 0.5) is 4.39 Å². The minimum Gasteiger partial charge on any atom is -0.263 e. The van der Waals surface area contributed by atoms with E-state index in [1.54, 1.807) is 24.5 Å². The number of halogens is 4.